The second-order valence-electron chi connectivity index (χ2n) is 31.0. The van der Waals surface area contributed by atoms with Crippen LogP contribution in [0.25, 0.3) is 0 Å². The maximum Gasteiger partial charge on any atom is 0.472 e. The first-order valence-electron chi connectivity index (χ1n) is 42.3. The van der Waals surface area contributed by atoms with Gasteiger partial charge in [0.05, 0.1) is 26.4 Å². The molecule has 600 valence electrons. The van der Waals surface area contributed by atoms with E-state index in [9.17, 15) is 43.2 Å². The van der Waals surface area contributed by atoms with E-state index < -0.39 is 97.5 Å². The number of phosphoric ester groups is 2. The molecule has 0 spiro atoms. The van der Waals surface area contributed by atoms with Crippen LogP contribution >= 0.6 is 15.6 Å². The molecule has 0 saturated carbocycles. The lowest BCUT2D eigenvalue weighted by Crippen LogP contribution is -2.30. The van der Waals surface area contributed by atoms with Gasteiger partial charge in [0, 0.05) is 25.7 Å². The molecule has 0 heterocycles. The molecule has 3 N–H and O–H groups in total. The Labute approximate surface area is 619 Å². The molecule has 0 rings (SSSR count). The zero-order valence-corrected chi connectivity index (χ0v) is 68.3. The smallest absolute Gasteiger partial charge is 0.462 e. The molecule has 0 fully saturated rings. The summed E-state index contributed by atoms with van der Waals surface area (Å²) >= 11 is 0. The molecule has 0 aromatic rings. The van der Waals surface area contributed by atoms with Crippen LogP contribution in [0, 0.1) is 23.7 Å². The molecule has 0 saturated heterocycles. The Morgan fingerprint density at radius 3 is 0.703 bits per heavy atom. The number of carbonyl (C=O) groups is 4. The molecule has 7 atom stereocenters. The van der Waals surface area contributed by atoms with Crippen LogP contribution < -0.4 is 0 Å². The number of ether oxygens (including phenoxy) is 4. The number of rotatable bonds is 79. The molecule has 0 radical (unpaired) electrons. The molecule has 0 bridgehead atoms. The number of unbranched alkanes of at least 4 members (excludes halogenated alkanes) is 43. The highest BCUT2D eigenvalue weighted by molar-refractivity contribution is 7.47. The van der Waals surface area contributed by atoms with Crippen LogP contribution in [0.5, 0.6) is 0 Å². The molecule has 0 aliphatic heterocycles. The molecule has 17 nitrogen and oxygen atoms in total. The summed E-state index contributed by atoms with van der Waals surface area (Å²) in [5, 5.41) is 10.6. The number of hydrogen-bond donors (Lipinski definition) is 3. The highest BCUT2D eigenvalue weighted by Crippen LogP contribution is 2.45. The Hall–Kier alpha value is -1.94. The molecular weight excluding hydrogens is 1320 g/mol. The summed E-state index contributed by atoms with van der Waals surface area (Å²) in [6.07, 6.45) is 58.5. The third kappa shape index (κ3) is 73.4. The highest BCUT2D eigenvalue weighted by atomic mass is 31.2. The number of esters is 4. The number of phosphoric acid groups is 2. The van der Waals surface area contributed by atoms with Gasteiger partial charge in [0.15, 0.2) is 12.2 Å². The van der Waals surface area contributed by atoms with E-state index in [2.05, 4.69) is 55.4 Å². The van der Waals surface area contributed by atoms with Crippen LogP contribution in [-0.2, 0) is 65.4 Å². The largest absolute Gasteiger partial charge is 0.472 e. The molecule has 19 heteroatoms. The van der Waals surface area contributed by atoms with Crippen molar-refractivity contribution in [3.05, 3.63) is 0 Å². The van der Waals surface area contributed by atoms with Gasteiger partial charge in [-0.1, -0.05) is 370 Å². The van der Waals surface area contributed by atoms with Gasteiger partial charge in [-0.2, -0.15) is 0 Å². The molecule has 0 aliphatic rings. The van der Waals surface area contributed by atoms with Crippen molar-refractivity contribution in [3.8, 4) is 0 Å². The number of carbonyl (C=O) groups excluding carboxylic acids is 4. The van der Waals surface area contributed by atoms with Crippen molar-refractivity contribution in [2.75, 3.05) is 39.6 Å². The summed E-state index contributed by atoms with van der Waals surface area (Å²) in [6, 6.07) is 0. The maximum absolute atomic E-state index is 13.1. The molecule has 4 unspecified atom stereocenters. The van der Waals surface area contributed by atoms with E-state index in [0.29, 0.717) is 31.6 Å². The monoisotopic (exact) mass is 1480 g/mol. The molecule has 101 heavy (non-hydrogen) atoms. The van der Waals surface area contributed by atoms with Gasteiger partial charge in [0.1, 0.15) is 19.3 Å². The highest BCUT2D eigenvalue weighted by Gasteiger charge is 2.30. The first kappa shape index (κ1) is 99.1. The fraction of sp³-hybridized carbons (Fsp3) is 0.951. The summed E-state index contributed by atoms with van der Waals surface area (Å²) < 4.78 is 68.7. The van der Waals surface area contributed by atoms with Gasteiger partial charge in [-0.05, 0) is 49.4 Å². The third-order valence-electron chi connectivity index (χ3n) is 19.8. The molecular formula is C82H160O17P2. The van der Waals surface area contributed by atoms with Crippen molar-refractivity contribution in [2.45, 2.75) is 440 Å². The Morgan fingerprint density at radius 2 is 0.475 bits per heavy atom. The SMILES string of the molecule is CCC(C)CCCCCCCCCCCCCCCCCCCCC(=O)OC[C@H](COP(=O)(O)OC[C@@H](O)COP(=O)(O)OC[C@@H](COC(=O)CCCCCCCCC(C)C)OC(=O)CCCCCCCCCCCC(C)C)OC(=O)CCCCCCCCCCCCCCCCC(C)CC. The zero-order valence-electron chi connectivity index (χ0n) is 66.5. The van der Waals surface area contributed by atoms with E-state index in [0.717, 1.165) is 114 Å². The van der Waals surface area contributed by atoms with E-state index in [1.165, 1.54) is 218 Å². The minimum Gasteiger partial charge on any atom is -0.462 e. The zero-order chi connectivity index (χ0) is 74.6. The quantitative estimate of drug-likeness (QED) is 0.0222. The van der Waals surface area contributed by atoms with Crippen molar-refractivity contribution in [1.29, 1.82) is 0 Å². The number of aliphatic hydroxyl groups is 1. The topological polar surface area (TPSA) is 237 Å². The fourth-order valence-corrected chi connectivity index (χ4v) is 14.1. The fourth-order valence-electron chi connectivity index (χ4n) is 12.5. The van der Waals surface area contributed by atoms with Gasteiger partial charge in [0.2, 0.25) is 0 Å². The summed E-state index contributed by atoms with van der Waals surface area (Å²) in [5.74, 6) is 1.02. The summed E-state index contributed by atoms with van der Waals surface area (Å²) in [7, 11) is -9.92. The Kier molecular flexibility index (Phi) is 69.6. The van der Waals surface area contributed by atoms with Gasteiger partial charge >= 0.3 is 39.5 Å². The minimum atomic E-state index is -4.96. The van der Waals surface area contributed by atoms with Gasteiger partial charge in [-0.15, -0.1) is 0 Å². The van der Waals surface area contributed by atoms with Crippen LogP contribution in [0.1, 0.15) is 421 Å². The van der Waals surface area contributed by atoms with E-state index in [1.54, 1.807) is 0 Å². The summed E-state index contributed by atoms with van der Waals surface area (Å²) in [6.45, 7) is 14.3. The normalized spacial score (nSPS) is 14.5. The molecule has 0 aromatic carbocycles. The Bertz CT molecular complexity index is 1980. The molecule has 0 aliphatic carbocycles. The van der Waals surface area contributed by atoms with Crippen molar-refractivity contribution in [3.63, 3.8) is 0 Å². The first-order chi connectivity index (χ1) is 48.7. The lowest BCUT2D eigenvalue weighted by Gasteiger charge is -2.21. The Morgan fingerprint density at radius 1 is 0.277 bits per heavy atom. The second kappa shape index (κ2) is 71.0. The van der Waals surface area contributed by atoms with E-state index in [1.807, 2.05) is 0 Å². The van der Waals surface area contributed by atoms with Crippen molar-refractivity contribution < 1.29 is 80.2 Å². The van der Waals surface area contributed by atoms with Crippen LogP contribution in [0.2, 0.25) is 0 Å². The standard InChI is InChI=1S/C82H160O17P2/c1-9-74(7)60-52-44-35-29-23-19-15-13-11-12-14-16-21-25-31-37-46-54-62-79(84)92-68-77(98-81(86)64-56-48-38-32-26-22-18-17-20-24-30-36-45-53-61-75(8)10-2)70-96-100(88,89)94-66-76(83)67-95-101(90,91)97-71-78(69-93-80(85)63-55-47-41-40-43-51-59-73(5)6)99-82(87)65-57-49-39-33-27-28-34-42-50-58-72(3)4/h72-78,83H,9-71H2,1-8H3,(H,88,89)(H,90,91)/t74?,75?,76-,77-,78-/m1/s1. The van der Waals surface area contributed by atoms with Crippen LogP contribution in [-0.4, -0.2) is 96.7 Å². The van der Waals surface area contributed by atoms with Crippen molar-refractivity contribution in [2.24, 2.45) is 23.7 Å². The van der Waals surface area contributed by atoms with Crippen LogP contribution in [0.15, 0.2) is 0 Å². The van der Waals surface area contributed by atoms with E-state index in [4.69, 9.17) is 37.0 Å². The lowest BCUT2D eigenvalue weighted by molar-refractivity contribution is -0.161. The minimum absolute atomic E-state index is 0.104. The average molecular weight is 1480 g/mol. The maximum atomic E-state index is 13.1. The van der Waals surface area contributed by atoms with Crippen molar-refractivity contribution in [1.82, 2.24) is 0 Å². The van der Waals surface area contributed by atoms with Gasteiger partial charge in [0.25, 0.3) is 0 Å². The molecule has 0 amide bonds. The third-order valence-corrected chi connectivity index (χ3v) is 21.7. The predicted molar refractivity (Wildman–Crippen MR) is 414 cm³/mol. The second-order valence-corrected chi connectivity index (χ2v) is 33.9. The lowest BCUT2D eigenvalue weighted by atomic mass is 9.99. The number of hydrogen-bond acceptors (Lipinski definition) is 15. The molecule has 0 aromatic heterocycles. The average Bonchev–Trinajstić information content (AvgIpc) is 0.928. The first-order valence-corrected chi connectivity index (χ1v) is 45.3. The van der Waals surface area contributed by atoms with Crippen LogP contribution in [0.4, 0.5) is 0 Å². The van der Waals surface area contributed by atoms with Gasteiger partial charge in [-0.25, -0.2) is 9.13 Å². The van der Waals surface area contributed by atoms with Crippen molar-refractivity contribution >= 4 is 39.5 Å². The Balaban J connectivity index is 5.19. The number of aliphatic hydroxyl groups excluding tert-OH is 1. The predicted octanol–water partition coefficient (Wildman–Crippen LogP) is 24.4. The van der Waals surface area contributed by atoms with E-state index in [-0.39, 0.29) is 25.7 Å². The van der Waals surface area contributed by atoms with Crippen LogP contribution in [0.3, 0.4) is 0 Å². The van der Waals surface area contributed by atoms with Gasteiger partial charge < -0.3 is 33.8 Å². The summed E-state index contributed by atoms with van der Waals surface area (Å²) in [4.78, 5) is 73.0. The summed E-state index contributed by atoms with van der Waals surface area (Å²) in [5.41, 5.74) is 0. The van der Waals surface area contributed by atoms with Gasteiger partial charge in [-0.3, -0.25) is 37.3 Å². The van der Waals surface area contributed by atoms with E-state index >= 15 is 0 Å².